The molecule has 0 saturated heterocycles. The number of fused-ring (bicyclic) bond motifs is 3. The molecule has 0 amide bonds. The van der Waals surface area contributed by atoms with Crippen LogP contribution in [0.5, 0.6) is 0 Å². The molecule has 1 aliphatic heterocycles. The quantitative estimate of drug-likeness (QED) is 0.343. The Hall–Kier alpha value is -3.42. The summed E-state index contributed by atoms with van der Waals surface area (Å²) >= 11 is 12.6. The number of hydrogen-bond acceptors (Lipinski definition) is 3. The maximum absolute atomic E-state index is 15.8. The fourth-order valence-corrected chi connectivity index (χ4v) is 5.01. The molecule has 9 heteroatoms. The molecule has 4 aromatic rings. The maximum atomic E-state index is 15.8. The highest BCUT2D eigenvalue weighted by Gasteiger charge is 2.36. The van der Waals surface area contributed by atoms with E-state index in [1.807, 2.05) is 26.0 Å². The summed E-state index contributed by atoms with van der Waals surface area (Å²) in [5.74, 6) is -2.60. The van der Waals surface area contributed by atoms with Gasteiger partial charge >= 0.3 is 5.97 Å². The molecule has 0 spiro atoms. The summed E-state index contributed by atoms with van der Waals surface area (Å²) in [6.07, 6.45) is 1.24. The van der Waals surface area contributed by atoms with Gasteiger partial charge in [-0.1, -0.05) is 61.3 Å². The van der Waals surface area contributed by atoms with E-state index < -0.39 is 22.8 Å². The number of carboxylic acid groups (broad SMARTS) is 1. The Morgan fingerprint density at radius 1 is 1.09 bits per heavy atom. The first kappa shape index (κ1) is 23.3. The van der Waals surface area contributed by atoms with Crippen molar-refractivity contribution in [3.8, 4) is 33.8 Å². The van der Waals surface area contributed by atoms with Crippen molar-refractivity contribution in [2.45, 2.75) is 26.4 Å². The monoisotopic (exact) mass is 511 g/mol. The second kappa shape index (κ2) is 8.66. The number of benzene rings is 2. The number of halogens is 3. The summed E-state index contributed by atoms with van der Waals surface area (Å²) < 4.78 is 19.0. The number of rotatable bonds is 4. The van der Waals surface area contributed by atoms with Crippen molar-refractivity contribution >= 4 is 29.2 Å². The lowest BCUT2D eigenvalue weighted by Crippen LogP contribution is -2.33. The third-order valence-electron chi connectivity index (χ3n) is 6.28. The van der Waals surface area contributed by atoms with Crippen LogP contribution < -0.4 is 5.43 Å². The number of nitrogens with zero attached hydrogens (tertiary/aromatic N) is 3. The van der Waals surface area contributed by atoms with Gasteiger partial charge in [0.05, 0.1) is 18.3 Å². The van der Waals surface area contributed by atoms with Crippen molar-refractivity contribution in [2.75, 3.05) is 0 Å². The van der Waals surface area contributed by atoms with E-state index in [0.717, 1.165) is 0 Å². The lowest BCUT2D eigenvalue weighted by molar-refractivity contribution is 0.0693. The summed E-state index contributed by atoms with van der Waals surface area (Å²) in [5.41, 5.74) is 1.13. The molecule has 5 rings (SSSR count). The summed E-state index contributed by atoms with van der Waals surface area (Å²) in [5, 5.41) is 15.4. The van der Waals surface area contributed by atoms with E-state index in [2.05, 4.69) is 0 Å². The number of carbonyl (C=O) groups is 1. The molecule has 0 radical (unpaired) electrons. The molecule has 1 aliphatic rings. The minimum atomic E-state index is -1.47. The predicted molar refractivity (Wildman–Crippen MR) is 134 cm³/mol. The Morgan fingerprint density at radius 3 is 2.31 bits per heavy atom. The molecule has 3 heterocycles. The average Bonchev–Trinajstić information content (AvgIpc) is 3.19. The zero-order valence-electron chi connectivity index (χ0n) is 18.8. The van der Waals surface area contributed by atoms with Gasteiger partial charge < -0.3 is 9.67 Å². The fraction of sp³-hybridized carbons (Fsp3) is 0.192. The first-order valence-corrected chi connectivity index (χ1v) is 11.7. The van der Waals surface area contributed by atoms with Crippen LogP contribution in [0.2, 0.25) is 10.0 Å². The summed E-state index contributed by atoms with van der Waals surface area (Å²) in [7, 11) is 0. The smallest absolute Gasteiger partial charge is 0.341 e. The molecule has 35 heavy (non-hydrogen) atoms. The topological polar surface area (TPSA) is 77.1 Å². The van der Waals surface area contributed by atoms with E-state index in [1.165, 1.54) is 6.20 Å². The summed E-state index contributed by atoms with van der Waals surface area (Å²) in [6.45, 7) is 4.26. The minimum absolute atomic E-state index is 0.000651. The van der Waals surface area contributed by atoms with E-state index in [0.29, 0.717) is 44.7 Å². The van der Waals surface area contributed by atoms with Gasteiger partial charge in [0, 0.05) is 27.4 Å². The highest BCUT2D eigenvalue weighted by Crippen LogP contribution is 2.45. The van der Waals surface area contributed by atoms with Gasteiger partial charge in [0.2, 0.25) is 5.43 Å². The van der Waals surface area contributed by atoms with Crippen molar-refractivity contribution in [3.05, 3.63) is 86.4 Å². The number of carboxylic acids is 1. The van der Waals surface area contributed by atoms with Crippen molar-refractivity contribution in [2.24, 2.45) is 5.92 Å². The van der Waals surface area contributed by atoms with Gasteiger partial charge in [-0.3, -0.25) is 9.48 Å². The van der Waals surface area contributed by atoms with Crippen molar-refractivity contribution in [1.29, 1.82) is 0 Å². The van der Waals surface area contributed by atoms with Crippen LogP contribution in [0.25, 0.3) is 33.8 Å². The van der Waals surface area contributed by atoms with E-state index in [9.17, 15) is 14.7 Å². The molecule has 2 aromatic carbocycles. The van der Waals surface area contributed by atoms with Crippen molar-refractivity contribution in [1.82, 2.24) is 14.3 Å². The largest absolute Gasteiger partial charge is 0.477 e. The number of pyridine rings is 1. The van der Waals surface area contributed by atoms with Crippen LogP contribution in [0.4, 0.5) is 4.39 Å². The Bertz CT molecular complexity index is 1560. The molecule has 1 atom stereocenters. The Kier molecular flexibility index (Phi) is 5.77. The normalized spacial score (nSPS) is 14.6. The van der Waals surface area contributed by atoms with E-state index in [4.69, 9.17) is 28.3 Å². The highest BCUT2D eigenvalue weighted by atomic mass is 35.5. The SMILES string of the molecule is CC(C)C1Cn2nc(-c3cccc(Cl)c3)c(-c3cccc(Cl)c3)c2-c2c(F)c(=O)c(C(=O)O)cn21. The first-order chi connectivity index (χ1) is 16.7. The molecule has 1 N–H and O–H groups in total. The van der Waals surface area contributed by atoms with Crippen LogP contribution in [0.1, 0.15) is 30.2 Å². The third kappa shape index (κ3) is 3.85. The van der Waals surface area contributed by atoms with Crippen LogP contribution in [0.15, 0.2) is 59.5 Å². The molecule has 0 aliphatic carbocycles. The molecule has 1 unspecified atom stereocenters. The second-order valence-corrected chi connectivity index (χ2v) is 9.71. The molecule has 0 fully saturated rings. The van der Waals surface area contributed by atoms with Crippen LogP contribution in [0, 0.1) is 11.7 Å². The van der Waals surface area contributed by atoms with Gasteiger partial charge in [-0.25, -0.2) is 9.18 Å². The molecule has 178 valence electrons. The molecule has 0 saturated carbocycles. The zero-order chi connectivity index (χ0) is 25.0. The van der Waals surface area contributed by atoms with E-state index >= 15 is 4.39 Å². The second-order valence-electron chi connectivity index (χ2n) is 8.83. The van der Waals surface area contributed by atoms with E-state index in [1.54, 1.807) is 45.6 Å². The molecular weight excluding hydrogens is 492 g/mol. The average molecular weight is 512 g/mol. The minimum Gasteiger partial charge on any atom is -0.477 e. The van der Waals surface area contributed by atoms with E-state index in [-0.39, 0.29) is 17.7 Å². The molecule has 2 aromatic heterocycles. The van der Waals surface area contributed by atoms with Gasteiger partial charge in [-0.2, -0.15) is 5.10 Å². The Labute approximate surface area is 210 Å². The number of aromatic carboxylic acids is 1. The highest BCUT2D eigenvalue weighted by molar-refractivity contribution is 6.31. The Morgan fingerprint density at radius 2 is 1.71 bits per heavy atom. The van der Waals surface area contributed by atoms with Gasteiger partial charge in [0.15, 0.2) is 5.82 Å². The fourth-order valence-electron chi connectivity index (χ4n) is 4.63. The van der Waals surface area contributed by atoms with Crippen LogP contribution in [-0.2, 0) is 6.54 Å². The van der Waals surface area contributed by atoms with Gasteiger partial charge in [0.25, 0.3) is 0 Å². The molecular formula is C26H20Cl2FN3O3. The van der Waals surface area contributed by atoms with Gasteiger partial charge in [-0.15, -0.1) is 0 Å². The molecule has 0 bridgehead atoms. The summed E-state index contributed by atoms with van der Waals surface area (Å²) in [4.78, 5) is 24.5. The van der Waals surface area contributed by atoms with Crippen LogP contribution in [-0.4, -0.2) is 25.4 Å². The maximum Gasteiger partial charge on any atom is 0.341 e. The zero-order valence-corrected chi connectivity index (χ0v) is 20.3. The van der Waals surface area contributed by atoms with Crippen molar-refractivity contribution < 1.29 is 14.3 Å². The van der Waals surface area contributed by atoms with Crippen molar-refractivity contribution in [3.63, 3.8) is 0 Å². The van der Waals surface area contributed by atoms with Crippen LogP contribution >= 0.6 is 23.2 Å². The predicted octanol–water partition coefficient (Wildman–Crippen LogP) is 6.40. The van der Waals surface area contributed by atoms with Gasteiger partial charge in [0.1, 0.15) is 17.0 Å². The van der Waals surface area contributed by atoms with Crippen LogP contribution in [0.3, 0.4) is 0 Å². The Balaban J connectivity index is 1.92. The first-order valence-electron chi connectivity index (χ1n) is 11.0. The lowest BCUT2D eigenvalue weighted by atomic mass is 9.94. The van der Waals surface area contributed by atoms with Gasteiger partial charge in [-0.05, 0) is 35.7 Å². The third-order valence-corrected chi connectivity index (χ3v) is 6.75. The summed E-state index contributed by atoms with van der Waals surface area (Å²) in [6, 6.07) is 13.9. The molecule has 6 nitrogen and oxygen atoms in total. The number of hydrogen-bond donors (Lipinski definition) is 1. The number of aromatic nitrogens is 3. The standard InChI is InChI=1S/C26H20Cl2FN3O3/c1-13(2)19-12-32-23(24-21(29)25(33)18(26(34)35)11-31(19)24)20(14-5-3-7-16(27)9-14)22(30-32)15-6-4-8-17(28)10-15/h3-11,13,19H,12H2,1-2H3,(H,34,35). The lowest BCUT2D eigenvalue weighted by Gasteiger charge is -2.33.